The summed E-state index contributed by atoms with van der Waals surface area (Å²) in [6, 6.07) is 0. The Balaban J connectivity index is 4.25. The number of sulfone groups is 1. The molecule has 0 radical (unpaired) electrons. The summed E-state index contributed by atoms with van der Waals surface area (Å²) in [7, 11) is -3.59. The van der Waals surface area contributed by atoms with Crippen LogP contribution < -0.4 is 0 Å². The van der Waals surface area contributed by atoms with Crippen LogP contribution in [0.2, 0.25) is 0 Å². The number of halogens is 3. The van der Waals surface area contributed by atoms with Gasteiger partial charge in [-0.2, -0.15) is 13.2 Å². The van der Waals surface area contributed by atoms with Crippen LogP contribution in [0.15, 0.2) is 0 Å². The summed E-state index contributed by atoms with van der Waals surface area (Å²) in [6.07, 6.45) is -5.66. The zero-order chi connectivity index (χ0) is 11.6. The number of hydrogen-bond acceptors (Lipinski definition) is 2. The Morgan fingerprint density at radius 3 is 1.79 bits per heavy atom. The SMILES string of the molecule is CC(C)(C)CS(=O)(=O)CCC(F)(F)F. The summed E-state index contributed by atoms with van der Waals surface area (Å²) >= 11 is 0. The second-order valence-electron chi connectivity index (χ2n) is 4.52. The molecule has 0 spiro atoms. The average molecular weight is 232 g/mol. The molecule has 0 unspecified atom stereocenters. The van der Waals surface area contributed by atoms with Gasteiger partial charge in [-0.05, 0) is 5.41 Å². The summed E-state index contributed by atoms with van der Waals surface area (Å²) in [4.78, 5) is 0. The molecule has 0 amide bonds. The molecule has 0 saturated carbocycles. The zero-order valence-corrected chi connectivity index (χ0v) is 9.30. The molecule has 0 aromatic heterocycles. The molecule has 2 nitrogen and oxygen atoms in total. The molecule has 86 valence electrons. The van der Waals surface area contributed by atoms with E-state index in [-0.39, 0.29) is 5.75 Å². The minimum absolute atomic E-state index is 0.212. The summed E-state index contributed by atoms with van der Waals surface area (Å²) in [5.41, 5.74) is -0.496. The van der Waals surface area contributed by atoms with Gasteiger partial charge >= 0.3 is 6.18 Å². The normalized spacial score (nSPS) is 14.4. The van der Waals surface area contributed by atoms with Crippen molar-refractivity contribution in [3.8, 4) is 0 Å². The predicted molar refractivity (Wildman–Crippen MR) is 48.8 cm³/mol. The van der Waals surface area contributed by atoms with Gasteiger partial charge < -0.3 is 0 Å². The van der Waals surface area contributed by atoms with E-state index in [2.05, 4.69) is 0 Å². The van der Waals surface area contributed by atoms with E-state index in [0.29, 0.717) is 0 Å². The first-order valence-electron chi connectivity index (χ1n) is 4.18. The van der Waals surface area contributed by atoms with Crippen LogP contribution in [0.3, 0.4) is 0 Å². The van der Waals surface area contributed by atoms with Crippen molar-refractivity contribution in [1.82, 2.24) is 0 Å². The van der Waals surface area contributed by atoms with Crippen LogP contribution in [0.25, 0.3) is 0 Å². The zero-order valence-electron chi connectivity index (χ0n) is 8.48. The van der Waals surface area contributed by atoms with Gasteiger partial charge in [-0.3, -0.25) is 0 Å². The molecule has 0 aliphatic heterocycles. The van der Waals surface area contributed by atoms with E-state index in [1.54, 1.807) is 20.8 Å². The van der Waals surface area contributed by atoms with E-state index in [9.17, 15) is 21.6 Å². The molecular formula is C8H15F3O2S. The summed E-state index contributed by atoms with van der Waals surface area (Å²) in [6.45, 7) is 5.04. The van der Waals surface area contributed by atoms with Gasteiger partial charge in [0.15, 0.2) is 9.84 Å². The first kappa shape index (κ1) is 13.7. The van der Waals surface area contributed by atoms with Crippen molar-refractivity contribution in [2.45, 2.75) is 33.4 Å². The van der Waals surface area contributed by atoms with Gasteiger partial charge in [-0.1, -0.05) is 20.8 Å². The highest BCUT2D eigenvalue weighted by atomic mass is 32.2. The fraction of sp³-hybridized carbons (Fsp3) is 1.00. The molecule has 0 fully saturated rings. The third-order valence-corrected chi connectivity index (χ3v) is 3.48. The van der Waals surface area contributed by atoms with E-state index in [4.69, 9.17) is 0 Å². The van der Waals surface area contributed by atoms with Crippen LogP contribution in [-0.2, 0) is 9.84 Å². The highest BCUT2D eigenvalue weighted by Crippen LogP contribution is 2.23. The maximum Gasteiger partial charge on any atom is 0.390 e. The maximum atomic E-state index is 11.8. The van der Waals surface area contributed by atoms with Crippen molar-refractivity contribution < 1.29 is 21.6 Å². The van der Waals surface area contributed by atoms with Gasteiger partial charge in [0.1, 0.15) is 0 Å². The molecule has 0 aliphatic carbocycles. The van der Waals surface area contributed by atoms with E-state index in [1.165, 1.54) is 0 Å². The lowest BCUT2D eigenvalue weighted by atomic mass is 10.0. The van der Waals surface area contributed by atoms with Crippen LogP contribution in [-0.4, -0.2) is 26.1 Å². The molecule has 0 heterocycles. The van der Waals surface area contributed by atoms with E-state index in [0.717, 1.165) is 0 Å². The standard InChI is InChI=1S/C8H15F3O2S/c1-7(2,3)6-14(12,13)5-4-8(9,10)11/h4-6H2,1-3H3. The third kappa shape index (κ3) is 8.34. The minimum Gasteiger partial charge on any atom is -0.229 e. The van der Waals surface area contributed by atoms with Gasteiger partial charge in [-0.25, -0.2) is 8.42 Å². The first-order chi connectivity index (χ1) is 5.91. The molecule has 0 aromatic rings. The van der Waals surface area contributed by atoms with Crippen LogP contribution in [0.4, 0.5) is 13.2 Å². The molecule has 0 N–H and O–H groups in total. The molecule has 0 bridgehead atoms. The molecule has 6 heteroatoms. The van der Waals surface area contributed by atoms with E-state index >= 15 is 0 Å². The Kier molecular flexibility index (Phi) is 4.01. The highest BCUT2D eigenvalue weighted by molar-refractivity contribution is 7.91. The lowest BCUT2D eigenvalue weighted by molar-refractivity contribution is -0.129. The molecule has 14 heavy (non-hydrogen) atoms. The Morgan fingerprint density at radius 1 is 1.07 bits per heavy atom. The molecule has 0 aliphatic rings. The van der Waals surface area contributed by atoms with Gasteiger partial charge in [0.2, 0.25) is 0 Å². The monoisotopic (exact) mass is 232 g/mol. The van der Waals surface area contributed by atoms with Crippen LogP contribution in [0.5, 0.6) is 0 Å². The van der Waals surface area contributed by atoms with Gasteiger partial charge in [0.05, 0.1) is 17.9 Å². The van der Waals surface area contributed by atoms with Gasteiger partial charge in [-0.15, -0.1) is 0 Å². The quantitative estimate of drug-likeness (QED) is 0.748. The van der Waals surface area contributed by atoms with Crippen LogP contribution in [0.1, 0.15) is 27.2 Å². The van der Waals surface area contributed by atoms with Crippen molar-refractivity contribution in [1.29, 1.82) is 0 Å². The van der Waals surface area contributed by atoms with Crippen molar-refractivity contribution in [2.24, 2.45) is 5.41 Å². The number of hydrogen-bond donors (Lipinski definition) is 0. The number of rotatable bonds is 3. The molecular weight excluding hydrogens is 217 g/mol. The topological polar surface area (TPSA) is 34.1 Å². The summed E-state index contributed by atoms with van der Waals surface area (Å²) < 4.78 is 57.6. The second-order valence-corrected chi connectivity index (χ2v) is 6.70. The Bertz CT molecular complexity index is 272. The van der Waals surface area contributed by atoms with E-state index in [1.807, 2.05) is 0 Å². The summed E-state index contributed by atoms with van der Waals surface area (Å²) in [5, 5.41) is 0. The highest BCUT2D eigenvalue weighted by Gasteiger charge is 2.31. The largest absolute Gasteiger partial charge is 0.390 e. The summed E-state index contributed by atoms with van der Waals surface area (Å²) in [5.74, 6) is -1.02. The third-order valence-electron chi connectivity index (χ3n) is 1.35. The number of alkyl halides is 3. The first-order valence-corrected chi connectivity index (χ1v) is 6.01. The Labute approximate surface area is 82.4 Å². The smallest absolute Gasteiger partial charge is 0.229 e. The lowest BCUT2D eigenvalue weighted by Crippen LogP contribution is -2.25. The van der Waals surface area contributed by atoms with Crippen molar-refractivity contribution in [3.05, 3.63) is 0 Å². The Morgan fingerprint density at radius 2 is 1.50 bits per heavy atom. The fourth-order valence-electron chi connectivity index (χ4n) is 1.00. The van der Waals surface area contributed by atoms with Crippen molar-refractivity contribution in [3.63, 3.8) is 0 Å². The molecule has 0 atom stereocenters. The molecule has 0 saturated heterocycles. The fourth-order valence-corrected chi connectivity index (χ4v) is 3.01. The minimum atomic E-state index is -4.40. The molecule has 0 aromatic carbocycles. The van der Waals surface area contributed by atoms with Gasteiger partial charge in [0.25, 0.3) is 0 Å². The maximum absolute atomic E-state index is 11.8. The van der Waals surface area contributed by atoms with Crippen molar-refractivity contribution >= 4 is 9.84 Å². The van der Waals surface area contributed by atoms with Crippen LogP contribution >= 0.6 is 0 Å². The predicted octanol–water partition coefficient (Wildman–Crippen LogP) is 2.40. The van der Waals surface area contributed by atoms with Crippen molar-refractivity contribution in [2.75, 3.05) is 11.5 Å². The molecule has 0 rings (SSSR count). The average Bonchev–Trinajstić information content (AvgIpc) is 1.76. The Hall–Kier alpha value is -0.260. The lowest BCUT2D eigenvalue weighted by Gasteiger charge is -2.18. The van der Waals surface area contributed by atoms with E-state index < -0.39 is 33.6 Å². The van der Waals surface area contributed by atoms with Crippen LogP contribution in [0, 0.1) is 5.41 Å². The van der Waals surface area contributed by atoms with Gasteiger partial charge in [0, 0.05) is 0 Å². The second kappa shape index (κ2) is 4.08.